The summed E-state index contributed by atoms with van der Waals surface area (Å²) in [5, 5.41) is 2.93. The quantitative estimate of drug-likeness (QED) is 0.791. The van der Waals surface area contributed by atoms with E-state index in [0.717, 1.165) is 12.1 Å². The van der Waals surface area contributed by atoms with Crippen LogP contribution in [0.3, 0.4) is 0 Å². The highest BCUT2D eigenvalue weighted by Gasteiger charge is 2.45. The van der Waals surface area contributed by atoms with Crippen LogP contribution in [-0.4, -0.2) is 13.2 Å². The summed E-state index contributed by atoms with van der Waals surface area (Å²) in [6, 6.07) is 5.10. The molecule has 1 nitrogen and oxygen atoms in total. The highest BCUT2D eigenvalue weighted by molar-refractivity contribution is 5.33. The van der Waals surface area contributed by atoms with Gasteiger partial charge in [-0.2, -0.15) is 13.2 Å². The van der Waals surface area contributed by atoms with Crippen LogP contribution >= 0.6 is 0 Å². The molecule has 1 N–H and O–H groups in total. The van der Waals surface area contributed by atoms with Crippen molar-refractivity contribution in [1.29, 1.82) is 0 Å². The molecule has 2 rings (SSSR count). The van der Waals surface area contributed by atoms with Gasteiger partial charge in [-0.1, -0.05) is 12.1 Å². The maximum absolute atomic E-state index is 13.0. The molecule has 0 unspecified atom stereocenters. The highest BCUT2D eigenvalue weighted by atomic mass is 19.4. The molecule has 0 aromatic heterocycles. The second-order valence-electron chi connectivity index (χ2n) is 4.42. The van der Waals surface area contributed by atoms with Crippen molar-refractivity contribution in [1.82, 2.24) is 5.32 Å². The molecule has 0 spiro atoms. The number of benzene rings is 1. The zero-order valence-corrected chi connectivity index (χ0v) is 9.31. The molecule has 1 saturated carbocycles. The minimum Gasteiger partial charge on any atom is -0.310 e. The van der Waals surface area contributed by atoms with E-state index in [1.807, 2.05) is 0 Å². The minimum absolute atomic E-state index is 0.227. The van der Waals surface area contributed by atoms with Gasteiger partial charge in [0.15, 0.2) is 0 Å². The van der Waals surface area contributed by atoms with E-state index in [1.54, 1.807) is 13.1 Å². The van der Waals surface area contributed by atoms with Crippen molar-refractivity contribution in [3.05, 3.63) is 35.4 Å². The van der Waals surface area contributed by atoms with Crippen LogP contribution < -0.4 is 5.32 Å². The van der Waals surface area contributed by atoms with Gasteiger partial charge in [-0.3, -0.25) is 0 Å². The molecular formula is C12H13F4N. The van der Waals surface area contributed by atoms with Gasteiger partial charge in [0.1, 0.15) is 6.17 Å². The number of hydrogen-bond donors (Lipinski definition) is 1. The SMILES string of the molecule is CNC1(c2cccc(C(F)(F)F)c2)CC(F)C1. The molecule has 0 radical (unpaired) electrons. The largest absolute Gasteiger partial charge is 0.416 e. The van der Waals surface area contributed by atoms with Gasteiger partial charge in [-0.15, -0.1) is 0 Å². The lowest BCUT2D eigenvalue weighted by Gasteiger charge is -2.44. The zero-order chi connectivity index (χ0) is 12.7. The van der Waals surface area contributed by atoms with E-state index < -0.39 is 23.5 Å². The molecule has 1 aromatic rings. The zero-order valence-electron chi connectivity index (χ0n) is 9.31. The summed E-state index contributed by atoms with van der Waals surface area (Å²) in [4.78, 5) is 0. The first-order valence-electron chi connectivity index (χ1n) is 5.38. The Morgan fingerprint density at radius 1 is 1.29 bits per heavy atom. The van der Waals surface area contributed by atoms with E-state index in [1.165, 1.54) is 6.07 Å². The smallest absolute Gasteiger partial charge is 0.310 e. The van der Waals surface area contributed by atoms with Crippen LogP contribution in [-0.2, 0) is 11.7 Å². The van der Waals surface area contributed by atoms with Crippen LogP contribution in [0, 0.1) is 0 Å². The van der Waals surface area contributed by atoms with Crippen molar-refractivity contribution in [3.63, 3.8) is 0 Å². The Bertz CT molecular complexity index is 407. The second kappa shape index (κ2) is 3.98. The maximum atomic E-state index is 13.0. The third-order valence-electron chi connectivity index (χ3n) is 3.36. The summed E-state index contributed by atoms with van der Waals surface area (Å²) in [5.74, 6) is 0. The average molecular weight is 247 g/mol. The van der Waals surface area contributed by atoms with Crippen molar-refractivity contribution in [3.8, 4) is 0 Å². The van der Waals surface area contributed by atoms with Crippen LogP contribution in [0.2, 0.25) is 0 Å². The van der Waals surface area contributed by atoms with Crippen molar-refractivity contribution in [2.24, 2.45) is 0 Å². The Balaban J connectivity index is 2.33. The number of halogens is 4. The van der Waals surface area contributed by atoms with E-state index in [0.29, 0.717) is 5.56 Å². The molecule has 0 bridgehead atoms. The van der Waals surface area contributed by atoms with Gasteiger partial charge in [-0.05, 0) is 24.7 Å². The Labute approximate surface area is 96.8 Å². The topological polar surface area (TPSA) is 12.0 Å². The van der Waals surface area contributed by atoms with Crippen LogP contribution in [0.4, 0.5) is 17.6 Å². The van der Waals surface area contributed by atoms with Gasteiger partial charge >= 0.3 is 6.18 Å². The van der Waals surface area contributed by atoms with E-state index in [9.17, 15) is 17.6 Å². The summed E-state index contributed by atoms with van der Waals surface area (Å²) in [5.41, 5.74) is -0.823. The van der Waals surface area contributed by atoms with E-state index in [4.69, 9.17) is 0 Å². The van der Waals surface area contributed by atoms with Crippen LogP contribution in [0.1, 0.15) is 24.0 Å². The molecule has 5 heteroatoms. The van der Waals surface area contributed by atoms with Crippen LogP contribution in [0.25, 0.3) is 0 Å². The molecular weight excluding hydrogens is 234 g/mol. The minimum atomic E-state index is -4.36. The molecule has 0 aliphatic heterocycles. The molecule has 1 fully saturated rings. The molecule has 0 amide bonds. The van der Waals surface area contributed by atoms with Gasteiger partial charge < -0.3 is 5.32 Å². The summed E-state index contributed by atoms with van der Waals surface area (Å²) in [6.07, 6.45) is -4.84. The monoisotopic (exact) mass is 247 g/mol. The van der Waals surface area contributed by atoms with Gasteiger partial charge in [0.25, 0.3) is 0 Å². The standard InChI is InChI=1S/C12H13F4N/c1-17-11(6-10(13)7-11)8-3-2-4-9(5-8)12(14,15)16/h2-5,10,17H,6-7H2,1H3. The number of hydrogen-bond acceptors (Lipinski definition) is 1. The Morgan fingerprint density at radius 3 is 2.41 bits per heavy atom. The molecule has 94 valence electrons. The van der Waals surface area contributed by atoms with Crippen molar-refractivity contribution in [2.75, 3.05) is 7.05 Å². The highest BCUT2D eigenvalue weighted by Crippen LogP contribution is 2.44. The van der Waals surface area contributed by atoms with Crippen LogP contribution in [0.15, 0.2) is 24.3 Å². The first-order chi connectivity index (χ1) is 7.87. The third-order valence-corrected chi connectivity index (χ3v) is 3.36. The molecule has 1 aliphatic rings. The fourth-order valence-corrected chi connectivity index (χ4v) is 2.27. The lowest BCUT2D eigenvalue weighted by atomic mass is 9.70. The molecule has 0 heterocycles. The summed E-state index contributed by atoms with van der Waals surface area (Å²) >= 11 is 0. The number of nitrogens with one attached hydrogen (secondary N) is 1. The van der Waals surface area contributed by atoms with Gasteiger partial charge in [0.05, 0.1) is 5.56 Å². The fourth-order valence-electron chi connectivity index (χ4n) is 2.27. The van der Waals surface area contributed by atoms with Crippen molar-refractivity contribution in [2.45, 2.75) is 30.7 Å². The lowest BCUT2D eigenvalue weighted by molar-refractivity contribution is -0.137. The lowest BCUT2D eigenvalue weighted by Crippen LogP contribution is -2.52. The van der Waals surface area contributed by atoms with Gasteiger partial charge in [0, 0.05) is 18.4 Å². The van der Waals surface area contributed by atoms with Crippen LogP contribution in [0.5, 0.6) is 0 Å². The Hall–Kier alpha value is -1.10. The Kier molecular flexibility index (Phi) is 2.89. The average Bonchev–Trinajstić information content (AvgIpc) is 2.23. The molecule has 0 saturated heterocycles. The summed E-state index contributed by atoms with van der Waals surface area (Å²) in [6.45, 7) is 0. The molecule has 1 aliphatic carbocycles. The third kappa shape index (κ3) is 2.16. The summed E-state index contributed by atoms with van der Waals surface area (Å²) < 4.78 is 50.6. The molecule has 17 heavy (non-hydrogen) atoms. The van der Waals surface area contributed by atoms with Crippen molar-refractivity contribution >= 4 is 0 Å². The van der Waals surface area contributed by atoms with E-state index in [2.05, 4.69) is 5.32 Å². The van der Waals surface area contributed by atoms with E-state index >= 15 is 0 Å². The first-order valence-corrected chi connectivity index (χ1v) is 5.38. The second-order valence-corrected chi connectivity index (χ2v) is 4.42. The molecule has 0 atom stereocenters. The Morgan fingerprint density at radius 2 is 1.94 bits per heavy atom. The predicted octanol–water partition coefficient (Wildman–Crippen LogP) is 3.25. The number of alkyl halides is 4. The fraction of sp³-hybridized carbons (Fsp3) is 0.500. The normalized spacial score (nSPS) is 28.9. The predicted molar refractivity (Wildman–Crippen MR) is 56.3 cm³/mol. The van der Waals surface area contributed by atoms with Gasteiger partial charge in [-0.25, -0.2) is 4.39 Å². The van der Waals surface area contributed by atoms with E-state index in [-0.39, 0.29) is 12.8 Å². The number of rotatable bonds is 2. The molecule has 1 aromatic carbocycles. The summed E-state index contributed by atoms with van der Waals surface area (Å²) in [7, 11) is 1.64. The van der Waals surface area contributed by atoms with Gasteiger partial charge in [0.2, 0.25) is 0 Å². The first kappa shape index (κ1) is 12.4. The maximum Gasteiger partial charge on any atom is 0.416 e. The van der Waals surface area contributed by atoms with Crippen molar-refractivity contribution < 1.29 is 17.6 Å².